The van der Waals surface area contributed by atoms with Crippen molar-refractivity contribution in [2.45, 2.75) is 251 Å². The van der Waals surface area contributed by atoms with Gasteiger partial charge in [-0.25, -0.2) is 0 Å². The zero-order valence-corrected chi connectivity index (χ0v) is 47.8. The average molecular weight is 1210 g/mol. The van der Waals surface area contributed by atoms with Crippen molar-refractivity contribution in [2.24, 2.45) is 46.3 Å². The molecule has 28 heteroatoms. The summed E-state index contributed by atoms with van der Waals surface area (Å²) >= 11 is 0. The van der Waals surface area contributed by atoms with E-state index in [0.29, 0.717) is 43.4 Å². The fourth-order valence-corrected chi connectivity index (χ4v) is 16.3. The van der Waals surface area contributed by atoms with Crippen molar-refractivity contribution >= 4 is 0 Å². The Hall–Kier alpha value is -1.38. The van der Waals surface area contributed by atoms with E-state index >= 15 is 0 Å². The molecule has 6 aliphatic heterocycles. The van der Waals surface area contributed by atoms with Crippen molar-refractivity contribution in [2.75, 3.05) is 39.6 Å². The van der Waals surface area contributed by atoms with E-state index in [4.69, 9.17) is 52.1 Å². The van der Waals surface area contributed by atoms with Crippen LogP contribution in [0.15, 0.2) is 11.6 Å². The van der Waals surface area contributed by atoms with Crippen molar-refractivity contribution in [1.29, 1.82) is 0 Å². The fourth-order valence-electron chi connectivity index (χ4n) is 16.3. The first kappa shape index (κ1) is 65.6. The van der Waals surface area contributed by atoms with Crippen molar-refractivity contribution in [3.05, 3.63) is 11.6 Å². The molecule has 0 aromatic carbocycles. The highest BCUT2D eigenvalue weighted by molar-refractivity contribution is 5.26. The number of rotatable bonds is 18. The van der Waals surface area contributed by atoms with Gasteiger partial charge in [0.05, 0.1) is 51.8 Å². The summed E-state index contributed by atoms with van der Waals surface area (Å²) in [5.74, 6) is -0.395. The number of hydrogen-bond acceptors (Lipinski definition) is 28. The lowest BCUT2D eigenvalue weighted by Crippen LogP contribution is -2.68. The second-order valence-electron chi connectivity index (χ2n) is 26.2. The van der Waals surface area contributed by atoms with E-state index in [0.717, 1.165) is 32.1 Å². The monoisotopic (exact) mass is 1210 g/mol. The maximum absolute atomic E-state index is 12.1. The van der Waals surface area contributed by atoms with Gasteiger partial charge in [0.15, 0.2) is 37.2 Å². The zero-order valence-electron chi connectivity index (χ0n) is 47.8. The molecule has 6 heterocycles. The number of hydrogen-bond donors (Lipinski definition) is 17. The third kappa shape index (κ3) is 12.0. The minimum absolute atomic E-state index is 0.0834. The number of aliphatic hydroxyl groups excluding tert-OH is 16. The molecular formula is C56H92O28. The fraction of sp³-hybridized carbons (Fsp3) is 0.964. The van der Waals surface area contributed by atoms with Crippen LogP contribution >= 0.6 is 0 Å². The van der Waals surface area contributed by atoms with Gasteiger partial charge in [-0.1, -0.05) is 39.3 Å². The summed E-state index contributed by atoms with van der Waals surface area (Å²) < 4.78 is 65.4. The molecule has 0 radical (unpaired) electrons. The van der Waals surface area contributed by atoms with E-state index in [-0.39, 0.29) is 41.3 Å². The van der Waals surface area contributed by atoms with Gasteiger partial charge < -0.3 is 139 Å². The number of ether oxygens (including phenoxy) is 11. The van der Waals surface area contributed by atoms with Crippen molar-refractivity contribution < 1.29 is 139 Å². The summed E-state index contributed by atoms with van der Waals surface area (Å²) in [6, 6.07) is 0. The van der Waals surface area contributed by atoms with Crippen LogP contribution in [0, 0.1) is 46.3 Å². The predicted octanol–water partition coefficient (Wildman–Crippen LogP) is -5.57. The Labute approximate surface area is 486 Å². The topological polar surface area (TPSA) is 445 Å². The van der Waals surface area contributed by atoms with Crippen LogP contribution in [-0.4, -0.2) is 292 Å². The minimum atomic E-state index is -2.01. The van der Waals surface area contributed by atoms with Gasteiger partial charge in [0.25, 0.3) is 0 Å². The molecule has 35 unspecified atom stereocenters. The third-order valence-corrected chi connectivity index (χ3v) is 21.3. The van der Waals surface area contributed by atoms with Gasteiger partial charge in [0.2, 0.25) is 0 Å². The van der Waals surface area contributed by atoms with Crippen LogP contribution in [0.25, 0.3) is 0 Å². The molecule has 4 aliphatic carbocycles. The Balaban J connectivity index is 0.763. The molecule has 10 aliphatic rings. The third-order valence-electron chi connectivity index (χ3n) is 21.3. The summed E-state index contributed by atoms with van der Waals surface area (Å²) in [7, 11) is 0. The molecule has 10 rings (SSSR count). The Morgan fingerprint density at radius 3 is 1.79 bits per heavy atom. The first-order valence-electron chi connectivity index (χ1n) is 30.0. The van der Waals surface area contributed by atoms with Crippen LogP contribution in [0.2, 0.25) is 0 Å². The lowest BCUT2D eigenvalue weighted by atomic mass is 9.47. The Kier molecular flexibility index (Phi) is 20.4. The SMILES string of the molecule is CC(CCC1(O)OC2CC3C4CC=C5CC(OC6OC(CO)C(OC7OC(CO)C(OC8OCC(O)C(O)C8O)C(O)C7OC7OC(CO)C(O)C(O)C7O)C(O)C6O)CCC5(C)C4CCC3(C)C2C1C)COC1OC(CO)C(O)C(O)C1O. The van der Waals surface area contributed by atoms with E-state index in [9.17, 15) is 86.8 Å². The van der Waals surface area contributed by atoms with Gasteiger partial charge in [-0.05, 0) is 91.8 Å². The first-order valence-corrected chi connectivity index (χ1v) is 30.0. The smallest absolute Gasteiger partial charge is 0.187 e. The average Bonchev–Trinajstić information content (AvgIpc) is 1.58. The van der Waals surface area contributed by atoms with Gasteiger partial charge in [-0.15, -0.1) is 0 Å². The van der Waals surface area contributed by atoms with Gasteiger partial charge >= 0.3 is 0 Å². The maximum atomic E-state index is 12.1. The molecule has 17 N–H and O–H groups in total. The summed E-state index contributed by atoms with van der Waals surface area (Å²) in [5, 5.41) is 182. The highest BCUT2D eigenvalue weighted by Gasteiger charge is 2.68. The second-order valence-corrected chi connectivity index (χ2v) is 26.2. The maximum Gasteiger partial charge on any atom is 0.187 e. The highest BCUT2D eigenvalue weighted by Crippen LogP contribution is 2.70. The summed E-state index contributed by atoms with van der Waals surface area (Å²) in [5.41, 5.74) is 0.983. The molecule has 0 amide bonds. The number of allylic oxidation sites excluding steroid dienone is 1. The molecule has 484 valence electrons. The van der Waals surface area contributed by atoms with Crippen LogP contribution in [0.4, 0.5) is 0 Å². The normalized spacial score (nSPS) is 54.4. The van der Waals surface area contributed by atoms with E-state index in [1.165, 1.54) is 5.57 Å². The van der Waals surface area contributed by atoms with E-state index < -0.39 is 192 Å². The number of fused-ring (bicyclic) bond motifs is 7. The molecule has 6 saturated heterocycles. The molecule has 3 saturated carbocycles. The minimum Gasteiger partial charge on any atom is -0.394 e. The van der Waals surface area contributed by atoms with Crippen molar-refractivity contribution in [1.82, 2.24) is 0 Å². The second kappa shape index (κ2) is 26.1. The standard InChI is InChI=1S/C56H92O28/c1-21(19-74-49-42(69)38(65)36(63)30(15-57)77-49)7-12-56(73)22(2)34-29(84-56)14-27-25-6-5-23-13-24(8-10-54(23,3)26(25)9-11-55(27,34)4)76-51-44(71)40(67)46(32(17-59)79-51)82-53-48(83-52-43(70)39(66)37(64)31(16-58)78-52)45(72)47(33(18-60)80-53)81-50-41(68)35(62)28(61)20-75-50/h5,21-22,24-53,57-73H,6-20H2,1-4H3. The van der Waals surface area contributed by atoms with Crippen LogP contribution < -0.4 is 0 Å². The Morgan fingerprint density at radius 2 is 1.13 bits per heavy atom. The number of aliphatic hydroxyl groups is 17. The lowest BCUT2D eigenvalue weighted by molar-refractivity contribution is -0.400. The zero-order chi connectivity index (χ0) is 60.6. The molecule has 28 nitrogen and oxygen atoms in total. The summed E-state index contributed by atoms with van der Waals surface area (Å²) in [6.45, 7) is 5.23. The molecule has 0 bridgehead atoms. The van der Waals surface area contributed by atoms with Gasteiger partial charge in [0.1, 0.15) is 116 Å². The van der Waals surface area contributed by atoms with Crippen LogP contribution in [-0.2, 0) is 52.1 Å². The van der Waals surface area contributed by atoms with Gasteiger partial charge in [0, 0.05) is 12.3 Å². The Morgan fingerprint density at radius 1 is 0.583 bits per heavy atom. The predicted molar refractivity (Wildman–Crippen MR) is 278 cm³/mol. The van der Waals surface area contributed by atoms with Crippen LogP contribution in [0.1, 0.15) is 85.5 Å². The van der Waals surface area contributed by atoms with Gasteiger partial charge in [-0.3, -0.25) is 0 Å². The van der Waals surface area contributed by atoms with Crippen LogP contribution in [0.5, 0.6) is 0 Å². The molecular weight excluding hydrogens is 1120 g/mol. The van der Waals surface area contributed by atoms with E-state index in [1.54, 1.807) is 0 Å². The van der Waals surface area contributed by atoms with E-state index in [1.807, 2.05) is 6.92 Å². The lowest BCUT2D eigenvalue weighted by Gasteiger charge is -2.58. The first-order chi connectivity index (χ1) is 39.8. The summed E-state index contributed by atoms with van der Waals surface area (Å²) in [6.07, 6.45) is -32.1. The molecule has 0 spiro atoms. The molecule has 0 aromatic heterocycles. The van der Waals surface area contributed by atoms with E-state index in [2.05, 4.69) is 26.8 Å². The van der Waals surface area contributed by atoms with Crippen molar-refractivity contribution in [3.8, 4) is 0 Å². The molecule has 0 aromatic rings. The molecule has 35 atom stereocenters. The quantitative estimate of drug-likeness (QED) is 0.0569. The Bertz CT molecular complexity index is 2200. The highest BCUT2D eigenvalue weighted by atomic mass is 16.8. The largest absolute Gasteiger partial charge is 0.394 e. The molecule has 84 heavy (non-hydrogen) atoms. The van der Waals surface area contributed by atoms with Crippen molar-refractivity contribution in [3.63, 3.8) is 0 Å². The van der Waals surface area contributed by atoms with Gasteiger partial charge in [-0.2, -0.15) is 0 Å². The van der Waals surface area contributed by atoms with Crippen LogP contribution in [0.3, 0.4) is 0 Å². The molecule has 9 fully saturated rings. The summed E-state index contributed by atoms with van der Waals surface area (Å²) in [4.78, 5) is 0.